The minimum atomic E-state index is -0.231. The van der Waals surface area contributed by atoms with Crippen molar-refractivity contribution in [2.24, 2.45) is 0 Å². The summed E-state index contributed by atoms with van der Waals surface area (Å²) in [6.07, 6.45) is 0.915. The molecule has 0 atom stereocenters. The van der Waals surface area contributed by atoms with Gasteiger partial charge in [-0.2, -0.15) is 5.26 Å². The van der Waals surface area contributed by atoms with E-state index in [1.54, 1.807) is 6.07 Å². The molecule has 6 heteroatoms. The van der Waals surface area contributed by atoms with Gasteiger partial charge in [0.05, 0.1) is 30.9 Å². The third kappa shape index (κ3) is 4.58. The molecule has 0 aliphatic carbocycles. The van der Waals surface area contributed by atoms with E-state index >= 15 is 0 Å². The first-order chi connectivity index (χ1) is 10.2. The molecule has 0 unspecified atom stereocenters. The number of esters is 1. The lowest BCUT2D eigenvalue weighted by Gasteiger charge is -2.03. The molecule has 21 heavy (non-hydrogen) atoms. The van der Waals surface area contributed by atoms with Crippen LogP contribution < -0.4 is 5.32 Å². The Morgan fingerprint density at radius 2 is 2.38 bits per heavy atom. The molecule has 2 rings (SSSR count). The van der Waals surface area contributed by atoms with Gasteiger partial charge in [0.15, 0.2) is 5.13 Å². The lowest BCUT2D eigenvalue weighted by atomic mass is 10.1. The van der Waals surface area contributed by atoms with E-state index in [0.29, 0.717) is 24.9 Å². The molecule has 1 N–H and O–H groups in total. The molecule has 0 fully saturated rings. The Hall–Kier alpha value is -2.39. The average molecular weight is 301 g/mol. The zero-order valence-corrected chi connectivity index (χ0v) is 12.4. The van der Waals surface area contributed by atoms with Crippen molar-refractivity contribution in [3.8, 4) is 6.07 Å². The molecule has 1 heterocycles. The Labute approximate surface area is 127 Å². The Bertz CT molecular complexity index is 661. The van der Waals surface area contributed by atoms with Crippen molar-refractivity contribution < 1.29 is 9.53 Å². The topological polar surface area (TPSA) is 75.0 Å². The quantitative estimate of drug-likeness (QED) is 0.830. The Morgan fingerprint density at radius 1 is 1.52 bits per heavy atom. The summed E-state index contributed by atoms with van der Waals surface area (Å²) in [5.74, 6) is -0.231. The maximum Gasteiger partial charge on any atom is 0.305 e. The Balaban J connectivity index is 1.87. The van der Waals surface area contributed by atoms with Crippen LogP contribution in [0.15, 0.2) is 29.6 Å². The largest absolute Gasteiger partial charge is 0.469 e. The second-order valence-corrected chi connectivity index (χ2v) is 5.24. The summed E-state index contributed by atoms with van der Waals surface area (Å²) in [7, 11) is 1.38. The van der Waals surface area contributed by atoms with Crippen LogP contribution in [-0.2, 0) is 22.5 Å². The van der Waals surface area contributed by atoms with Crippen molar-refractivity contribution in [2.45, 2.75) is 19.4 Å². The molecule has 2 aromatic rings. The van der Waals surface area contributed by atoms with Crippen molar-refractivity contribution in [3.05, 3.63) is 46.5 Å². The molecule has 108 valence electrons. The van der Waals surface area contributed by atoms with Gasteiger partial charge < -0.3 is 10.1 Å². The van der Waals surface area contributed by atoms with Gasteiger partial charge in [0.2, 0.25) is 0 Å². The summed E-state index contributed by atoms with van der Waals surface area (Å²) in [5, 5.41) is 14.8. The van der Waals surface area contributed by atoms with Gasteiger partial charge in [0.1, 0.15) is 0 Å². The standard InChI is InChI=1S/C15H15N3O2S/c1-20-14(19)6-5-13-10-21-15(18-13)17-9-12-4-2-3-11(7-12)8-16/h2-4,7,10H,5-6,9H2,1H3,(H,17,18). The van der Waals surface area contributed by atoms with Crippen molar-refractivity contribution in [1.82, 2.24) is 4.98 Å². The first-order valence-corrected chi connectivity index (χ1v) is 7.33. The number of aromatic nitrogens is 1. The van der Waals surface area contributed by atoms with Crippen LogP contribution >= 0.6 is 11.3 Å². The summed E-state index contributed by atoms with van der Waals surface area (Å²) < 4.78 is 4.60. The Morgan fingerprint density at radius 3 is 3.14 bits per heavy atom. The van der Waals surface area contributed by atoms with Crippen LogP contribution in [0.3, 0.4) is 0 Å². The first-order valence-electron chi connectivity index (χ1n) is 6.45. The lowest BCUT2D eigenvalue weighted by Crippen LogP contribution is -2.02. The van der Waals surface area contributed by atoms with Crippen LogP contribution in [0.5, 0.6) is 0 Å². The molecule has 1 aromatic carbocycles. The van der Waals surface area contributed by atoms with Gasteiger partial charge in [0, 0.05) is 18.3 Å². The van der Waals surface area contributed by atoms with Crippen molar-refractivity contribution >= 4 is 22.4 Å². The zero-order valence-electron chi connectivity index (χ0n) is 11.6. The molecule has 0 radical (unpaired) electrons. The summed E-state index contributed by atoms with van der Waals surface area (Å²) in [6.45, 7) is 0.611. The van der Waals surface area contributed by atoms with E-state index in [-0.39, 0.29) is 5.97 Å². The number of thiazole rings is 1. The maximum absolute atomic E-state index is 11.1. The maximum atomic E-state index is 11.1. The second-order valence-electron chi connectivity index (χ2n) is 4.39. The predicted octanol–water partition coefficient (Wildman–Crippen LogP) is 2.73. The van der Waals surface area contributed by atoms with Gasteiger partial charge in [-0.25, -0.2) is 4.98 Å². The number of methoxy groups -OCH3 is 1. The number of carbonyl (C=O) groups excluding carboxylic acids is 1. The molecule has 1 aromatic heterocycles. The molecule has 0 aliphatic heterocycles. The first kappa shape index (κ1) is 15.0. The SMILES string of the molecule is COC(=O)CCc1csc(NCc2cccc(C#N)c2)n1. The number of nitriles is 1. The molecule has 0 spiro atoms. The fourth-order valence-corrected chi connectivity index (χ4v) is 2.51. The van der Waals surface area contributed by atoms with Crippen molar-refractivity contribution in [1.29, 1.82) is 5.26 Å². The average Bonchev–Trinajstić information content (AvgIpc) is 2.98. The summed E-state index contributed by atoms with van der Waals surface area (Å²) in [5.41, 5.74) is 2.55. The number of nitrogens with one attached hydrogen (secondary N) is 1. The van der Waals surface area contributed by atoms with Crippen LogP contribution in [0, 0.1) is 11.3 Å². The molecule has 0 saturated carbocycles. The van der Waals surface area contributed by atoms with Crippen LogP contribution in [-0.4, -0.2) is 18.1 Å². The van der Waals surface area contributed by atoms with Gasteiger partial charge >= 0.3 is 5.97 Å². The van der Waals surface area contributed by atoms with Gasteiger partial charge in [-0.05, 0) is 17.7 Å². The number of hydrogen-bond acceptors (Lipinski definition) is 6. The normalized spacial score (nSPS) is 9.90. The molecule has 0 saturated heterocycles. The highest BCUT2D eigenvalue weighted by Crippen LogP contribution is 2.18. The fraction of sp³-hybridized carbons (Fsp3) is 0.267. The minimum Gasteiger partial charge on any atom is -0.469 e. The fourth-order valence-electron chi connectivity index (χ4n) is 1.76. The van der Waals surface area contributed by atoms with Crippen LogP contribution in [0.2, 0.25) is 0 Å². The van der Waals surface area contributed by atoms with Crippen molar-refractivity contribution in [2.75, 3.05) is 12.4 Å². The molecule has 5 nitrogen and oxygen atoms in total. The molecular weight excluding hydrogens is 286 g/mol. The number of carbonyl (C=O) groups is 1. The molecule has 0 bridgehead atoms. The zero-order chi connectivity index (χ0) is 15.1. The predicted molar refractivity (Wildman–Crippen MR) is 80.9 cm³/mol. The van der Waals surface area contributed by atoms with Crippen LogP contribution in [0.4, 0.5) is 5.13 Å². The minimum absolute atomic E-state index is 0.231. The summed E-state index contributed by atoms with van der Waals surface area (Å²) in [6, 6.07) is 9.56. The smallest absolute Gasteiger partial charge is 0.305 e. The highest BCUT2D eigenvalue weighted by Gasteiger charge is 2.06. The number of rotatable bonds is 6. The highest BCUT2D eigenvalue weighted by atomic mass is 32.1. The van der Waals surface area contributed by atoms with Crippen molar-refractivity contribution in [3.63, 3.8) is 0 Å². The summed E-state index contributed by atoms with van der Waals surface area (Å²) in [4.78, 5) is 15.5. The van der Waals surface area contributed by atoms with E-state index < -0.39 is 0 Å². The van der Waals surface area contributed by atoms with Crippen LogP contribution in [0.1, 0.15) is 23.2 Å². The van der Waals surface area contributed by atoms with Crippen LogP contribution in [0.25, 0.3) is 0 Å². The van der Waals surface area contributed by atoms with E-state index in [2.05, 4.69) is 21.1 Å². The molecular formula is C15H15N3O2S. The highest BCUT2D eigenvalue weighted by molar-refractivity contribution is 7.13. The monoisotopic (exact) mass is 301 g/mol. The number of nitrogens with zero attached hydrogens (tertiary/aromatic N) is 2. The number of ether oxygens (including phenoxy) is 1. The van der Waals surface area contributed by atoms with Gasteiger partial charge in [-0.1, -0.05) is 12.1 Å². The van der Waals surface area contributed by atoms with E-state index in [9.17, 15) is 4.79 Å². The third-order valence-corrected chi connectivity index (χ3v) is 3.71. The van der Waals surface area contributed by atoms with Gasteiger partial charge in [0.25, 0.3) is 0 Å². The van der Waals surface area contributed by atoms with E-state index in [4.69, 9.17) is 5.26 Å². The molecule has 0 aliphatic rings. The number of aryl methyl sites for hydroxylation is 1. The number of anilines is 1. The van der Waals surface area contributed by atoms with E-state index in [1.165, 1.54) is 18.4 Å². The summed E-state index contributed by atoms with van der Waals surface area (Å²) >= 11 is 1.50. The second kappa shape index (κ2) is 7.41. The number of benzene rings is 1. The molecule has 0 amide bonds. The Kier molecular flexibility index (Phi) is 5.29. The van der Waals surface area contributed by atoms with E-state index in [1.807, 2.05) is 23.6 Å². The lowest BCUT2D eigenvalue weighted by molar-refractivity contribution is -0.140. The third-order valence-electron chi connectivity index (χ3n) is 2.86. The number of hydrogen-bond donors (Lipinski definition) is 1. The van der Waals surface area contributed by atoms with Gasteiger partial charge in [-0.3, -0.25) is 4.79 Å². The van der Waals surface area contributed by atoms with Gasteiger partial charge in [-0.15, -0.1) is 11.3 Å². The van der Waals surface area contributed by atoms with E-state index in [0.717, 1.165) is 16.4 Å².